The number of hydrogen-bond acceptors (Lipinski definition) is 5. The lowest BCUT2D eigenvalue weighted by Crippen LogP contribution is -2.56. The molecule has 1 amide bonds. The molecule has 3 aromatic heterocycles. The number of carbonyl (C=O) groups is 1. The number of halogens is 3. The molecule has 0 radical (unpaired) electrons. The van der Waals surface area contributed by atoms with Crippen molar-refractivity contribution in [3.05, 3.63) is 65.7 Å². The highest BCUT2D eigenvalue weighted by molar-refractivity contribution is 6.04. The minimum absolute atomic E-state index is 0.0967. The van der Waals surface area contributed by atoms with Gasteiger partial charge in [0.25, 0.3) is 0 Å². The topological polar surface area (TPSA) is 87.7 Å². The van der Waals surface area contributed by atoms with Gasteiger partial charge in [-0.2, -0.15) is 13.2 Å². The second-order valence-electron chi connectivity index (χ2n) is 8.79. The van der Waals surface area contributed by atoms with Crippen molar-refractivity contribution in [3.63, 3.8) is 0 Å². The summed E-state index contributed by atoms with van der Waals surface area (Å²) >= 11 is 0. The van der Waals surface area contributed by atoms with Crippen LogP contribution in [0.5, 0.6) is 0 Å². The molecule has 1 saturated carbocycles. The van der Waals surface area contributed by atoms with Gasteiger partial charge in [0, 0.05) is 11.4 Å². The summed E-state index contributed by atoms with van der Waals surface area (Å²) in [6.45, 7) is 1.85. The molecule has 1 aromatic carbocycles. The Bertz CT molecular complexity index is 1410. The number of nitrogens with one attached hydrogen (secondary N) is 1. The van der Waals surface area contributed by atoms with Crippen LogP contribution in [0.1, 0.15) is 35.8 Å². The first-order valence-electron chi connectivity index (χ1n) is 11.0. The largest absolute Gasteiger partial charge is 0.435 e. The minimum atomic E-state index is -4.55. The van der Waals surface area contributed by atoms with Crippen LogP contribution >= 0.6 is 0 Å². The summed E-state index contributed by atoms with van der Waals surface area (Å²) in [5, 5.41) is 7.00. The van der Waals surface area contributed by atoms with Crippen molar-refractivity contribution in [1.29, 1.82) is 0 Å². The molecule has 1 aliphatic heterocycles. The van der Waals surface area contributed by atoms with Gasteiger partial charge in [0.2, 0.25) is 5.91 Å². The summed E-state index contributed by atoms with van der Waals surface area (Å²) in [7, 11) is 0. The predicted octanol–water partition coefficient (Wildman–Crippen LogP) is 4.86. The number of benzene rings is 1. The van der Waals surface area contributed by atoms with Gasteiger partial charge in [-0.05, 0) is 67.6 Å². The standard InChI is InChI=1S/C24H19F3N6O/c1-12-15(5-7-17(30-12)18-8-9-20(32-31-18)24(25,26)27)22-21(13-2-3-13)23(34)33(22)14-4-6-16-19(10-14)29-11-28-16/h4-11,13,21-22H,2-3H2,1H3,(H,28,29)/t21?,22-/m0/s1. The fraction of sp³-hybridized carbons (Fsp3) is 0.292. The third-order valence-electron chi connectivity index (χ3n) is 6.62. The minimum Gasteiger partial charge on any atom is -0.345 e. The summed E-state index contributed by atoms with van der Waals surface area (Å²) in [5.41, 5.74) is 3.72. The van der Waals surface area contributed by atoms with Crippen LogP contribution in [0.2, 0.25) is 0 Å². The van der Waals surface area contributed by atoms with E-state index in [0.29, 0.717) is 17.3 Å². The molecule has 7 nitrogen and oxygen atoms in total. The Kier molecular flexibility index (Phi) is 4.48. The first kappa shape index (κ1) is 20.8. The fourth-order valence-electron chi connectivity index (χ4n) is 4.76. The number of hydrogen-bond donors (Lipinski definition) is 1. The number of rotatable bonds is 4. The number of H-pyrrole nitrogens is 1. The van der Waals surface area contributed by atoms with E-state index >= 15 is 0 Å². The molecule has 0 bridgehead atoms. The number of imidazole rings is 1. The lowest BCUT2D eigenvalue weighted by molar-refractivity contribution is -0.141. The van der Waals surface area contributed by atoms with Gasteiger partial charge in [-0.3, -0.25) is 9.78 Å². The Labute approximate surface area is 192 Å². The number of nitrogens with zero attached hydrogens (tertiary/aromatic N) is 5. The third-order valence-corrected chi connectivity index (χ3v) is 6.62. The zero-order valence-corrected chi connectivity index (χ0v) is 18.0. The summed E-state index contributed by atoms with van der Waals surface area (Å²) in [5.74, 6) is 0.356. The van der Waals surface area contributed by atoms with Crippen molar-refractivity contribution >= 4 is 22.6 Å². The van der Waals surface area contributed by atoms with Gasteiger partial charge in [0.15, 0.2) is 5.69 Å². The average molecular weight is 464 g/mol. The fourth-order valence-corrected chi connectivity index (χ4v) is 4.76. The van der Waals surface area contributed by atoms with Crippen LogP contribution in [-0.2, 0) is 11.0 Å². The van der Waals surface area contributed by atoms with Crippen molar-refractivity contribution in [2.24, 2.45) is 11.8 Å². The molecule has 10 heteroatoms. The third kappa shape index (κ3) is 3.32. The molecule has 2 aliphatic rings. The highest BCUT2D eigenvalue weighted by Crippen LogP contribution is 2.54. The van der Waals surface area contributed by atoms with Crippen LogP contribution < -0.4 is 4.90 Å². The molecule has 4 heterocycles. The normalized spacial score (nSPS) is 20.6. The molecule has 1 N–H and O–H groups in total. The van der Waals surface area contributed by atoms with E-state index in [9.17, 15) is 18.0 Å². The summed E-state index contributed by atoms with van der Waals surface area (Å²) in [4.78, 5) is 27.0. The zero-order valence-electron chi connectivity index (χ0n) is 18.0. The number of anilines is 1. The molecule has 1 aliphatic carbocycles. The van der Waals surface area contributed by atoms with Gasteiger partial charge in [-0.1, -0.05) is 6.07 Å². The number of aryl methyl sites for hydroxylation is 1. The van der Waals surface area contributed by atoms with Crippen molar-refractivity contribution in [2.45, 2.75) is 32.0 Å². The Morgan fingerprint density at radius 2 is 1.82 bits per heavy atom. The molecular weight excluding hydrogens is 445 g/mol. The number of fused-ring (bicyclic) bond motifs is 1. The molecule has 1 saturated heterocycles. The quantitative estimate of drug-likeness (QED) is 0.436. The molecule has 172 valence electrons. The monoisotopic (exact) mass is 464 g/mol. The maximum atomic E-state index is 13.2. The molecule has 2 atom stereocenters. The van der Waals surface area contributed by atoms with E-state index in [1.54, 1.807) is 17.3 Å². The number of β-lactam (4-membered cyclic amide) rings is 1. The number of amides is 1. The van der Waals surface area contributed by atoms with E-state index < -0.39 is 11.9 Å². The molecule has 6 rings (SSSR count). The second-order valence-corrected chi connectivity index (χ2v) is 8.79. The Balaban J connectivity index is 1.35. The maximum absolute atomic E-state index is 13.2. The molecule has 0 spiro atoms. The van der Waals surface area contributed by atoms with Gasteiger partial charge in [-0.15, -0.1) is 10.2 Å². The van der Waals surface area contributed by atoms with Crippen molar-refractivity contribution in [3.8, 4) is 11.4 Å². The summed E-state index contributed by atoms with van der Waals surface area (Å²) in [6, 6.07) is 11.3. The van der Waals surface area contributed by atoms with E-state index in [-0.39, 0.29) is 23.6 Å². The molecule has 1 unspecified atom stereocenters. The Hall–Kier alpha value is -3.82. The van der Waals surface area contributed by atoms with Gasteiger partial charge >= 0.3 is 6.18 Å². The van der Waals surface area contributed by atoms with Crippen LogP contribution in [0.3, 0.4) is 0 Å². The maximum Gasteiger partial charge on any atom is 0.435 e. The highest BCUT2D eigenvalue weighted by atomic mass is 19.4. The van der Waals surface area contributed by atoms with Crippen molar-refractivity contribution in [1.82, 2.24) is 25.1 Å². The van der Waals surface area contributed by atoms with Crippen LogP contribution in [0.4, 0.5) is 18.9 Å². The van der Waals surface area contributed by atoms with Crippen LogP contribution in [0.15, 0.2) is 48.8 Å². The van der Waals surface area contributed by atoms with E-state index in [1.807, 2.05) is 31.2 Å². The first-order valence-corrected chi connectivity index (χ1v) is 11.0. The van der Waals surface area contributed by atoms with Gasteiger partial charge in [0.1, 0.15) is 5.69 Å². The number of carbonyl (C=O) groups excluding carboxylic acids is 1. The summed E-state index contributed by atoms with van der Waals surface area (Å²) < 4.78 is 38.4. The number of pyridine rings is 1. The van der Waals surface area contributed by atoms with E-state index in [4.69, 9.17) is 0 Å². The highest BCUT2D eigenvalue weighted by Gasteiger charge is 2.55. The van der Waals surface area contributed by atoms with Crippen molar-refractivity contribution in [2.75, 3.05) is 4.90 Å². The Morgan fingerprint density at radius 3 is 2.50 bits per heavy atom. The molecule has 34 heavy (non-hydrogen) atoms. The Morgan fingerprint density at radius 1 is 1.03 bits per heavy atom. The van der Waals surface area contributed by atoms with Gasteiger partial charge in [0.05, 0.1) is 35.0 Å². The van der Waals surface area contributed by atoms with Crippen LogP contribution in [0, 0.1) is 18.8 Å². The predicted molar refractivity (Wildman–Crippen MR) is 118 cm³/mol. The number of aromatic amines is 1. The molecule has 4 aromatic rings. The van der Waals surface area contributed by atoms with Gasteiger partial charge < -0.3 is 9.88 Å². The smallest absolute Gasteiger partial charge is 0.345 e. The van der Waals surface area contributed by atoms with E-state index in [2.05, 4.69) is 25.1 Å². The SMILES string of the molecule is Cc1nc(-c2ccc(C(F)(F)F)nn2)ccc1[C@H]1C(C2CC2)C(=O)N1c1ccc2[nH]cnc2c1. The van der Waals surface area contributed by atoms with Crippen LogP contribution in [-0.4, -0.2) is 31.1 Å². The molecule has 2 fully saturated rings. The first-order chi connectivity index (χ1) is 16.3. The van der Waals surface area contributed by atoms with E-state index in [1.165, 1.54) is 6.07 Å². The average Bonchev–Trinajstić information content (AvgIpc) is 3.52. The zero-order chi connectivity index (χ0) is 23.6. The lowest BCUT2D eigenvalue weighted by Gasteiger charge is -2.48. The number of aromatic nitrogens is 5. The summed E-state index contributed by atoms with van der Waals surface area (Å²) in [6.07, 6.45) is -0.862. The van der Waals surface area contributed by atoms with E-state index in [0.717, 1.165) is 41.2 Å². The number of alkyl halides is 3. The molecular formula is C24H19F3N6O. The van der Waals surface area contributed by atoms with Crippen molar-refractivity contribution < 1.29 is 18.0 Å². The van der Waals surface area contributed by atoms with Gasteiger partial charge in [-0.25, -0.2) is 4.98 Å². The lowest BCUT2D eigenvalue weighted by atomic mass is 9.78. The van der Waals surface area contributed by atoms with Crippen LogP contribution in [0.25, 0.3) is 22.4 Å². The second kappa shape index (κ2) is 7.34.